The first-order valence-corrected chi connectivity index (χ1v) is 5.61. The fourth-order valence-corrected chi connectivity index (χ4v) is 1.72. The Hall–Kier alpha value is -1.83. The predicted octanol–water partition coefficient (Wildman–Crippen LogP) is 3.70. The molecule has 2 nitrogen and oxygen atoms in total. The number of pyridine rings is 1. The van der Waals surface area contributed by atoms with Crippen LogP contribution in [-0.4, -0.2) is 11.5 Å². The molecule has 0 fully saturated rings. The van der Waals surface area contributed by atoms with Gasteiger partial charge in [-0.1, -0.05) is 18.2 Å². The molecule has 0 amide bonds. The summed E-state index contributed by atoms with van der Waals surface area (Å²) in [5.41, 5.74) is 2.25. The lowest BCUT2D eigenvalue weighted by Gasteiger charge is -2.04. The highest BCUT2D eigenvalue weighted by atomic mass is 15.0. The van der Waals surface area contributed by atoms with E-state index in [0.717, 1.165) is 17.9 Å². The normalized spacial score (nSPS) is 11.1. The first-order valence-electron chi connectivity index (χ1n) is 5.61. The molecule has 0 atom stereocenters. The zero-order chi connectivity index (χ0) is 11.4. The molecule has 0 spiro atoms. The molecule has 82 valence electrons. The van der Waals surface area contributed by atoms with Crippen LogP contribution in [0, 0.1) is 0 Å². The molecule has 0 aliphatic heterocycles. The Labute approximate surface area is 96.0 Å². The van der Waals surface area contributed by atoms with Crippen LogP contribution in [0.5, 0.6) is 0 Å². The van der Waals surface area contributed by atoms with Crippen LogP contribution < -0.4 is 5.32 Å². The lowest BCUT2D eigenvalue weighted by Crippen LogP contribution is -1.98. The number of fused-ring (bicyclic) bond motifs is 1. The van der Waals surface area contributed by atoms with Crippen molar-refractivity contribution in [3.8, 4) is 0 Å². The number of nitrogens with zero attached hydrogens (tertiary/aromatic N) is 1. The molecule has 1 aromatic heterocycles. The second-order valence-corrected chi connectivity index (χ2v) is 3.68. The van der Waals surface area contributed by atoms with Gasteiger partial charge in [-0.2, -0.15) is 0 Å². The molecule has 0 unspecified atom stereocenters. The number of allylic oxidation sites excluding steroid dienone is 1. The molecular formula is C14H16N2. The van der Waals surface area contributed by atoms with Crippen molar-refractivity contribution in [3.05, 3.63) is 42.0 Å². The van der Waals surface area contributed by atoms with Crippen LogP contribution in [0.25, 0.3) is 17.0 Å². The van der Waals surface area contributed by atoms with Gasteiger partial charge in [-0.3, -0.25) is 0 Å². The maximum absolute atomic E-state index is 4.53. The Kier molecular flexibility index (Phi) is 3.20. The number of nitrogens with one attached hydrogen (secondary N) is 1. The molecule has 1 N–H and O–H groups in total. The summed E-state index contributed by atoms with van der Waals surface area (Å²) < 4.78 is 0. The fraction of sp³-hybridized carbons (Fsp3) is 0.214. The smallest absolute Gasteiger partial charge is 0.126 e. The van der Waals surface area contributed by atoms with E-state index >= 15 is 0 Å². The summed E-state index contributed by atoms with van der Waals surface area (Å²) in [6.45, 7) is 4.99. The number of benzene rings is 1. The quantitative estimate of drug-likeness (QED) is 0.839. The van der Waals surface area contributed by atoms with Gasteiger partial charge in [0.05, 0.1) is 5.52 Å². The molecular weight excluding hydrogens is 196 g/mol. The Morgan fingerprint density at radius 1 is 1.25 bits per heavy atom. The van der Waals surface area contributed by atoms with Crippen LogP contribution in [0.15, 0.2) is 36.4 Å². The minimum absolute atomic E-state index is 0.898. The van der Waals surface area contributed by atoms with E-state index in [0.29, 0.717) is 0 Å². The highest BCUT2D eigenvalue weighted by Crippen LogP contribution is 2.17. The van der Waals surface area contributed by atoms with Crippen LogP contribution in [0.1, 0.15) is 19.4 Å². The first kappa shape index (κ1) is 10.7. The summed E-state index contributed by atoms with van der Waals surface area (Å²) in [4.78, 5) is 4.53. The Bertz CT molecular complexity index is 515. The van der Waals surface area contributed by atoms with Crippen molar-refractivity contribution in [2.75, 3.05) is 11.9 Å². The molecule has 0 aliphatic carbocycles. The lowest BCUT2D eigenvalue weighted by molar-refractivity contribution is 1.17. The molecule has 2 rings (SSSR count). The van der Waals surface area contributed by atoms with Crippen molar-refractivity contribution in [2.45, 2.75) is 13.8 Å². The van der Waals surface area contributed by atoms with Gasteiger partial charge in [-0.05, 0) is 43.7 Å². The topological polar surface area (TPSA) is 24.9 Å². The SMILES string of the molecule is C/C=C/c1ccc2nc(NCC)ccc2c1. The van der Waals surface area contributed by atoms with Crippen LogP contribution in [0.2, 0.25) is 0 Å². The van der Waals surface area contributed by atoms with Gasteiger partial charge in [-0.25, -0.2) is 4.98 Å². The largest absolute Gasteiger partial charge is 0.370 e. The summed E-state index contributed by atoms with van der Waals surface area (Å²) in [5.74, 6) is 0.939. The minimum atomic E-state index is 0.898. The maximum atomic E-state index is 4.53. The third kappa shape index (κ3) is 2.22. The molecule has 0 saturated heterocycles. The Balaban J connectivity index is 2.44. The summed E-state index contributed by atoms with van der Waals surface area (Å²) in [5, 5.41) is 4.39. The van der Waals surface area contributed by atoms with Crippen molar-refractivity contribution in [1.29, 1.82) is 0 Å². The van der Waals surface area contributed by atoms with Gasteiger partial charge in [0.2, 0.25) is 0 Å². The van der Waals surface area contributed by atoms with E-state index in [4.69, 9.17) is 0 Å². The number of hydrogen-bond acceptors (Lipinski definition) is 2. The van der Waals surface area contributed by atoms with Crippen molar-refractivity contribution < 1.29 is 0 Å². The fourth-order valence-electron chi connectivity index (χ4n) is 1.72. The van der Waals surface area contributed by atoms with E-state index in [-0.39, 0.29) is 0 Å². The summed E-state index contributed by atoms with van der Waals surface area (Å²) in [7, 11) is 0. The monoisotopic (exact) mass is 212 g/mol. The van der Waals surface area contributed by atoms with Gasteiger partial charge >= 0.3 is 0 Å². The van der Waals surface area contributed by atoms with E-state index in [1.165, 1.54) is 10.9 Å². The molecule has 1 aromatic carbocycles. The first-order chi connectivity index (χ1) is 7.83. The van der Waals surface area contributed by atoms with Crippen molar-refractivity contribution in [2.24, 2.45) is 0 Å². The van der Waals surface area contributed by atoms with Gasteiger partial charge in [0.15, 0.2) is 0 Å². The van der Waals surface area contributed by atoms with E-state index in [1.807, 2.05) is 19.1 Å². The van der Waals surface area contributed by atoms with Crippen LogP contribution in [0.4, 0.5) is 5.82 Å². The standard InChI is InChI=1S/C14H16N2/c1-3-5-11-6-8-13-12(10-11)7-9-14(16-13)15-4-2/h3,5-10H,4H2,1-2H3,(H,15,16)/b5-3+. The van der Waals surface area contributed by atoms with Crippen molar-refractivity contribution >= 4 is 22.8 Å². The second-order valence-electron chi connectivity index (χ2n) is 3.68. The molecule has 0 bridgehead atoms. The third-order valence-corrected chi connectivity index (χ3v) is 2.43. The van der Waals surface area contributed by atoms with E-state index in [1.54, 1.807) is 0 Å². The van der Waals surface area contributed by atoms with Crippen LogP contribution in [-0.2, 0) is 0 Å². The van der Waals surface area contributed by atoms with E-state index < -0.39 is 0 Å². The number of hydrogen-bond donors (Lipinski definition) is 1. The number of anilines is 1. The molecule has 2 heteroatoms. The average molecular weight is 212 g/mol. The summed E-state index contributed by atoms with van der Waals surface area (Å²) >= 11 is 0. The second kappa shape index (κ2) is 4.79. The van der Waals surface area contributed by atoms with Crippen molar-refractivity contribution in [1.82, 2.24) is 4.98 Å². The lowest BCUT2D eigenvalue weighted by atomic mass is 10.1. The zero-order valence-corrected chi connectivity index (χ0v) is 9.70. The number of aromatic nitrogens is 1. The third-order valence-electron chi connectivity index (χ3n) is 2.43. The molecule has 0 aliphatic rings. The zero-order valence-electron chi connectivity index (χ0n) is 9.70. The van der Waals surface area contributed by atoms with Crippen LogP contribution in [0.3, 0.4) is 0 Å². The Morgan fingerprint density at radius 2 is 2.12 bits per heavy atom. The number of rotatable bonds is 3. The molecule has 1 heterocycles. The molecule has 2 aromatic rings. The highest BCUT2D eigenvalue weighted by molar-refractivity contribution is 5.82. The van der Waals surface area contributed by atoms with Crippen molar-refractivity contribution in [3.63, 3.8) is 0 Å². The summed E-state index contributed by atoms with van der Waals surface area (Å²) in [6.07, 6.45) is 4.14. The molecule has 0 radical (unpaired) electrons. The summed E-state index contributed by atoms with van der Waals surface area (Å²) in [6, 6.07) is 10.4. The van der Waals surface area contributed by atoms with Crippen LogP contribution >= 0.6 is 0 Å². The van der Waals surface area contributed by atoms with Gasteiger partial charge in [0.1, 0.15) is 5.82 Å². The van der Waals surface area contributed by atoms with Gasteiger partial charge in [0, 0.05) is 11.9 Å². The minimum Gasteiger partial charge on any atom is -0.370 e. The van der Waals surface area contributed by atoms with Gasteiger partial charge in [0.25, 0.3) is 0 Å². The van der Waals surface area contributed by atoms with E-state index in [2.05, 4.69) is 47.6 Å². The molecule has 0 saturated carbocycles. The van der Waals surface area contributed by atoms with Gasteiger partial charge in [-0.15, -0.1) is 0 Å². The van der Waals surface area contributed by atoms with E-state index in [9.17, 15) is 0 Å². The molecule has 16 heavy (non-hydrogen) atoms. The maximum Gasteiger partial charge on any atom is 0.126 e. The Morgan fingerprint density at radius 3 is 2.88 bits per heavy atom. The highest BCUT2D eigenvalue weighted by Gasteiger charge is 1.97. The van der Waals surface area contributed by atoms with Gasteiger partial charge < -0.3 is 5.32 Å². The predicted molar refractivity (Wildman–Crippen MR) is 70.6 cm³/mol. The average Bonchev–Trinajstić information content (AvgIpc) is 2.30.